The lowest BCUT2D eigenvalue weighted by atomic mass is 9.47. The van der Waals surface area contributed by atoms with Gasteiger partial charge in [0.2, 0.25) is 11.6 Å². The van der Waals surface area contributed by atoms with Gasteiger partial charge in [-0.2, -0.15) is 0 Å². The van der Waals surface area contributed by atoms with Crippen LogP contribution < -0.4 is 0 Å². The summed E-state index contributed by atoms with van der Waals surface area (Å²) in [4.78, 5) is 51.5. The molecule has 3 aliphatic carbocycles. The summed E-state index contributed by atoms with van der Waals surface area (Å²) in [5.41, 5.74) is -0.854. The molecule has 0 aromatic carbocycles. The van der Waals surface area contributed by atoms with E-state index < -0.39 is 47.0 Å². The lowest BCUT2D eigenvalue weighted by molar-refractivity contribution is -0.187. The molecule has 0 aromatic rings. The van der Waals surface area contributed by atoms with Crippen LogP contribution in [0.5, 0.6) is 0 Å². The summed E-state index contributed by atoms with van der Waals surface area (Å²) in [6.07, 6.45) is 0.980. The normalized spacial score (nSPS) is 31.3. The number of carbonyl (C=O) groups is 4. The van der Waals surface area contributed by atoms with Crippen molar-refractivity contribution in [3.05, 3.63) is 22.5 Å². The topological polar surface area (TPSA) is 107 Å². The van der Waals surface area contributed by atoms with Crippen molar-refractivity contribution < 1.29 is 33.8 Å². The van der Waals surface area contributed by atoms with Gasteiger partial charge in [-0.1, -0.05) is 48.0 Å². The molecule has 33 heavy (non-hydrogen) atoms. The van der Waals surface area contributed by atoms with Gasteiger partial charge in [0.15, 0.2) is 6.10 Å². The average Bonchev–Trinajstić information content (AvgIpc) is 2.66. The second-order valence-corrected chi connectivity index (χ2v) is 10.8. The second-order valence-electron chi connectivity index (χ2n) is 10.8. The Morgan fingerprint density at radius 1 is 1.09 bits per heavy atom. The van der Waals surface area contributed by atoms with Crippen molar-refractivity contribution in [2.24, 2.45) is 22.7 Å². The summed E-state index contributed by atoms with van der Waals surface area (Å²) in [6.45, 7) is 12.6. The number of esters is 2. The summed E-state index contributed by atoms with van der Waals surface area (Å²) in [6, 6.07) is 0. The van der Waals surface area contributed by atoms with Crippen molar-refractivity contribution in [1.29, 1.82) is 0 Å². The fourth-order valence-corrected chi connectivity index (χ4v) is 6.47. The summed E-state index contributed by atoms with van der Waals surface area (Å²) in [7, 11) is 0. The van der Waals surface area contributed by atoms with Crippen molar-refractivity contribution in [3.8, 4) is 0 Å². The highest BCUT2D eigenvalue weighted by molar-refractivity contribution is 6.50. The van der Waals surface area contributed by atoms with E-state index in [-0.39, 0.29) is 40.2 Å². The van der Waals surface area contributed by atoms with Gasteiger partial charge >= 0.3 is 11.9 Å². The van der Waals surface area contributed by atoms with Crippen molar-refractivity contribution in [2.45, 2.75) is 92.8 Å². The third-order valence-corrected chi connectivity index (χ3v) is 7.58. The van der Waals surface area contributed by atoms with Crippen molar-refractivity contribution >= 4 is 23.5 Å². The minimum Gasteiger partial charge on any atom is -0.507 e. The Kier molecular flexibility index (Phi) is 6.66. The predicted octanol–water partition coefficient (Wildman–Crippen LogP) is 4.39. The molecule has 3 rings (SSSR count). The quantitative estimate of drug-likeness (QED) is 0.368. The molecule has 0 unspecified atom stereocenters. The van der Waals surface area contributed by atoms with Gasteiger partial charge in [-0.3, -0.25) is 19.2 Å². The fraction of sp³-hybridized carbons (Fsp3) is 0.692. The molecule has 182 valence electrons. The maximum absolute atomic E-state index is 13.6. The molecular weight excluding hydrogens is 424 g/mol. The Morgan fingerprint density at radius 2 is 1.73 bits per heavy atom. The Balaban J connectivity index is 2.36. The van der Waals surface area contributed by atoms with Crippen LogP contribution in [0.2, 0.25) is 0 Å². The molecule has 4 atom stereocenters. The Labute approximate surface area is 195 Å². The number of ketones is 2. The molecule has 0 bridgehead atoms. The molecule has 1 fully saturated rings. The summed E-state index contributed by atoms with van der Waals surface area (Å²) >= 11 is 0. The zero-order valence-corrected chi connectivity index (χ0v) is 20.7. The van der Waals surface area contributed by atoms with Crippen molar-refractivity contribution in [1.82, 2.24) is 0 Å². The molecule has 0 aromatic heterocycles. The molecule has 7 nitrogen and oxygen atoms in total. The van der Waals surface area contributed by atoms with Crippen LogP contribution in [-0.2, 0) is 28.7 Å². The zero-order valence-electron chi connectivity index (χ0n) is 20.7. The maximum Gasteiger partial charge on any atom is 0.306 e. The number of rotatable bonds is 5. The lowest BCUT2D eigenvalue weighted by Crippen LogP contribution is -2.61. The molecular formula is C26H36O7. The first-order valence-electron chi connectivity index (χ1n) is 11.9. The van der Waals surface area contributed by atoms with Gasteiger partial charge in [-0.15, -0.1) is 0 Å². The molecule has 1 N–H and O–H groups in total. The van der Waals surface area contributed by atoms with Gasteiger partial charge in [-0.05, 0) is 30.6 Å². The molecule has 0 saturated heterocycles. The number of fused-ring (bicyclic) bond motifs is 2. The molecule has 0 heterocycles. The lowest BCUT2D eigenvalue weighted by Gasteiger charge is -2.58. The highest BCUT2D eigenvalue weighted by atomic mass is 16.6. The van der Waals surface area contributed by atoms with Crippen molar-refractivity contribution in [3.63, 3.8) is 0 Å². The van der Waals surface area contributed by atoms with Gasteiger partial charge in [-0.25, -0.2) is 0 Å². The Bertz CT molecular complexity index is 952. The molecule has 1 saturated carbocycles. The van der Waals surface area contributed by atoms with E-state index in [0.29, 0.717) is 12.8 Å². The highest BCUT2D eigenvalue weighted by Gasteiger charge is 2.63. The van der Waals surface area contributed by atoms with Gasteiger partial charge in [0.05, 0.1) is 0 Å². The molecule has 0 radical (unpaired) electrons. The number of carbonyl (C=O) groups excluding carboxylic acids is 4. The van der Waals surface area contributed by atoms with Gasteiger partial charge in [0, 0.05) is 41.4 Å². The summed E-state index contributed by atoms with van der Waals surface area (Å²) in [5, 5.41) is 11.3. The fourth-order valence-electron chi connectivity index (χ4n) is 6.47. The third kappa shape index (κ3) is 4.04. The number of aliphatic hydroxyl groups is 1. The molecule has 3 aliphatic rings. The monoisotopic (exact) mass is 460 g/mol. The van der Waals surface area contributed by atoms with Crippen LogP contribution in [0, 0.1) is 22.7 Å². The van der Waals surface area contributed by atoms with E-state index in [2.05, 4.69) is 13.8 Å². The third-order valence-electron chi connectivity index (χ3n) is 7.58. The van der Waals surface area contributed by atoms with Gasteiger partial charge < -0.3 is 14.6 Å². The highest BCUT2D eigenvalue weighted by Crippen LogP contribution is 2.62. The first-order chi connectivity index (χ1) is 15.3. The van der Waals surface area contributed by atoms with Crippen LogP contribution in [-0.4, -0.2) is 40.8 Å². The molecule has 0 spiro atoms. The summed E-state index contributed by atoms with van der Waals surface area (Å²) < 4.78 is 11.7. The minimum absolute atomic E-state index is 0.00616. The number of allylic oxidation sites excluding steroid dienone is 2. The summed E-state index contributed by atoms with van der Waals surface area (Å²) in [5.74, 6) is -3.53. The van der Waals surface area contributed by atoms with E-state index in [4.69, 9.17) is 9.47 Å². The van der Waals surface area contributed by atoms with Crippen LogP contribution in [0.3, 0.4) is 0 Å². The maximum atomic E-state index is 13.6. The van der Waals surface area contributed by atoms with Gasteiger partial charge in [0.25, 0.3) is 0 Å². The number of ether oxygens (including phenoxy) is 2. The SMILES string of the molecule is CCCC(=O)O[C@@H]1[C@@H](OC(C)=O)C2=C(C(=O)C(=O)C(C(C)C)=C2O)[C@@]2(C)CCCC(C)(C)[C@H]12. The minimum atomic E-state index is -1.17. The molecule has 0 amide bonds. The molecule has 0 aliphatic heterocycles. The van der Waals surface area contributed by atoms with Crippen LogP contribution in [0.25, 0.3) is 0 Å². The van der Waals surface area contributed by atoms with Crippen LogP contribution in [0.4, 0.5) is 0 Å². The number of aliphatic hydroxyl groups excluding tert-OH is 1. The Morgan fingerprint density at radius 3 is 2.27 bits per heavy atom. The van der Waals surface area contributed by atoms with E-state index >= 15 is 0 Å². The second kappa shape index (κ2) is 8.73. The van der Waals surface area contributed by atoms with E-state index in [1.165, 1.54) is 6.92 Å². The van der Waals surface area contributed by atoms with Crippen LogP contribution in [0.15, 0.2) is 22.5 Å². The largest absolute Gasteiger partial charge is 0.507 e. The van der Waals surface area contributed by atoms with E-state index in [1.54, 1.807) is 13.8 Å². The first-order valence-corrected chi connectivity index (χ1v) is 11.9. The van der Waals surface area contributed by atoms with E-state index in [0.717, 1.165) is 12.8 Å². The molecule has 7 heteroatoms. The zero-order chi connectivity index (χ0) is 24.9. The van der Waals surface area contributed by atoms with E-state index in [9.17, 15) is 24.3 Å². The van der Waals surface area contributed by atoms with Crippen LogP contribution >= 0.6 is 0 Å². The van der Waals surface area contributed by atoms with Gasteiger partial charge in [0.1, 0.15) is 11.9 Å². The van der Waals surface area contributed by atoms with E-state index in [1.807, 2.05) is 13.8 Å². The average molecular weight is 461 g/mol. The predicted molar refractivity (Wildman–Crippen MR) is 121 cm³/mol. The Hall–Kier alpha value is -2.44. The smallest absolute Gasteiger partial charge is 0.306 e. The van der Waals surface area contributed by atoms with Crippen LogP contribution in [0.1, 0.15) is 80.6 Å². The van der Waals surface area contributed by atoms with Crippen molar-refractivity contribution in [2.75, 3.05) is 0 Å². The first kappa shape index (κ1) is 25.2. The number of hydrogen-bond donors (Lipinski definition) is 1. The number of Topliss-reactive ketones (excluding diaryl/α,β-unsaturated/α-hetero) is 2. The standard InChI is InChI=1S/C26H36O7/c1-8-10-15(28)33-23-22(32-14(4)27)17-18(21(31)20(30)16(13(2)3)19(17)29)26(7)12-9-11-25(5,6)24(23)26/h13,22-24,29H,8-12H2,1-7H3/t22-,23+,24-,26+/m0/s1. The number of hydrogen-bond acceptors (Lipinski definition) is 7.